The molecular weight excluding hydrogens is 462 g/mol. The van der Waals surface area contributed by atoms with Gasteiger partial charge in [-0.1, -0.05) is 48.5 Å². The molecule has 1 aliphatic rings. The monoisotopic (exact) mass is 491 g/mol. The number of nitrogens with one attached hydrogen (secondary N) is 2. The van der Waals surface area contributed by atoms with Gasteiger partial charge in [0, 0.05) is 12.3 Å². The van der Waals surface area contributed by atoms with E-state index in [0.717, 1.165) is 22.4 Å². The fourth-order valence-electron chi connectivity index (χ4n) is 4.08. The number of anilines is 1. The minimum absolute atomic E-state index is 0.202. The van der Waals surface area contributed by atoms with Gasteiger partial charge in [0.25, 0.3) is 0 Å². The number of ether oxygens (including phenoxy) is 2. The smallest absolute Gasteiger partial charge is 0.323 e. The molecule has 3 amide bonds. The van der Waals surface area contributed by atoms with Crippen molar-refractivity contribution < 1.29 is 19.1 Å². The Morgan fingerprint density at radius 3 is 2.54 bits per heavy atom. The quantitative estimate of drug-likeness (QED) is 0.488. The lowest BCUT2D eigenvalue weighted by molar-refractivity contribution is -0.124. The van der Waals surface area contributed by atoms with Gasteiger partial charge in [-0.3, -0.25) is 9.69 Å². The third-order valence-electron chi connectivity index (χ3n) is 5.94. The Hall–Kier alpha value is -3.65. The zero-order valence-corrected chi connectivity index (χ0v) is 20.8. The van der Waals surface area contributed by atoms with Gasteiger partial charge in [0.05, 0.1) is 19.9 Å². The highest BCUT2D eigenvalue weighted by Crippen LogP contribution is 2.43. The number of urea groups is 1. The molecule has 2 atom stereocenters. The van der Waals surface area contributed by atoms with Crippen molar-refractivity contribution in [3.63, 3.8) is 0 Å². The number of hydrogen-bond donors (Lipinski definition) is 2. The molecule has 4 rings (SSSR count). The van der Waals surface area contributed by atoms with Crippen LogP contribution in [0.2, 0.25) is 0 Å². The molecule has 1 fully saturated rings. The van der Waals surface area contributed by atoms with Crippen molar-refractivity contribution in [2.45, 2.75) is 24.9 Å². The standard InChI is InChI=1S/C27H29N3O4S/c1-18-9-4-5-12-21(18)26-30(27(32)29-22-13-6-7-14-24(22)34-3)23(17-35-26)25(31)28-16-19-10-8-11-20(15-19)33-2/h4-15,23,26H,16-17H2,1-3H3,(H,28,31)(H,29,32)/t23-,26+/m0/s1. The largest absolute Gasteiger partial charge is 0.497 e. The van der Waals surface area contributed by atoms with Gasteiger partial charge >= 0.3 is 6.03 Å². The van der Waals surface area contributed by atoms with Crippen molar-refractivity contribution in [3.05, 3.63) is 89.5 Å². The number of para-hydroxylation sites is 2. The minimum atomic E-state index is -0.634. The highest BCUT2D eigenvalue weighted by molar-refractivity contribution is 7.99. The summed E-state index contributed by atoms with van der Waals surface area (Å²) in [5, 5.41) is 5.65. The first kappa shape index (κ1) is 24.5. The molecule has 0 unspecified atom stereocenters. The number of aryl methyl sites for hydroxylation is 1. The Labute approximate surface area is 209 Å². The molecule has 8 heteroatoms. The molecular formula is C27H29N3O4S. The van der Waals surface area contributed by atoms with E-state index in [9.17, 15) is 9.59 Å². The first-order valence-electron chi connectivity index (χ1n) is 11.3. The molecule has 3 aromatic rings. The summed E-state index contributed by atoms with van der Waals surface area (Å²) in [7, 11) is 3.17. The van der Waals surface area contributed by atoms with Crippen molar-refractivity contribution in [1.82, 2.24) is 10.2 Å². The van der Waals surface area contributed by atoms with Crippen molar-refractivity contribution in [2.24, 2.45) is 0 Å². The maximum absolute atomic E-state index is 13.6. The van der Waals surface area contributed by atoms with Gasteiger partial charge in [-0.2, -0.15) is 0 Å². The number of rotatable bonds is 7. The molecule has 0 saturated carbocycles. The van der Waals surface area contributed by atoms with Gasteiger partial charge in [-0.15, -0.1) is 11.8 Å². The van der Waals surface area contributed by atoms with Crippen LogP contribution in [0.1, 0.15) is 22.1 Å². The van der Waals surface area contributed by atoms with Crippen LogP contribution < -0.4 is 20.1 Å². The predicted octanol–water partition coefficient (Wildman–Crippen LogP) is 4.98. The number of thioether (sulfide) groups is 1. The van der Waals surface area contributed by atoms with Crippen molar-refractivity contribution >= 4 is 29.4 Å². The van der Waals surface area contributed by atoms with E-state index in [-0.39, 0.29) is 17.3 Å². The van der Waals surface area contributed by atoms with Crippen molar-refractivity contribution in [2.75, 3.05) is 25.3 Å². The molecule has 3 aromatic carbocycles. The summed E-state index contributed by atoms with van der Waals surface area (Å²) in [6, 6.07) is 21.7. The van der Waals surface area contributed by atoms with Crippen LogP contribution in [0.5, 0.6) is 11.5 Å². The second-order valence-corrected chi connectivity index (χ2v) is 9.28. The molecule has 1 heterocycles. The van der Waals surface area contributed by atoms with Gasteiger partial charge in [0.2, 0.25) is 5.91 Å². The second kappa shape index (κ2) is 11.2. The molecule has 1 saturated heterocycles. The van der Waals surface area contributed by atoms with E-state index >= 15 is 0 Å². The van der Waals surface area contributed by atoms with Crippen LogP contribution in [0.4, 0.5) is 10.5 Å². The van der Waals surface area contributed by atoms with Gasteiger partial charge in [-0.05, 0) is 47.9 Å². The fraction of sp³-hybridized carbons (Fsp3) is 0.259. The first-order valence-corrected chi connectivity index (χ1v) is 12.4. The number of carbonyl (C=O) groups is 2. The summed E-state index contributed by atoms with van der Waals surface area (Å²) in [5.41, 5.74) is 3.55. The van der Waals surface area contributed by atoms with Crippen LogP contribution in [0.15, 0.2) is 72.8 Å². The zero-order valence-electron chi connectivity index (χ0n) is 20.0. The van der Waals surface area contributed by atoms with Crippen LogP contribution in [0.3, 0.4) is 0 Å². The van der Waals surface area contributed by atoms with Crippen LogP contribution in [0.25, 0.3) is 0 Å². The van der Waals surface area contributed by atoms with Crippen LogP contribution in [-0.2, 0) is 11.3 Å². The summed E-state index contributed by atoms with van der Waals surface area (Å²) in [6.07, 6.45) is 0. The van der Waals surface area contributed by atoms with Gasteiger partial charge in [0.1, 0.15) is 22.9 Å². The molecule has 0 spiro atoms. The molecule has 0 radical (unpaired) electrons. The molecule has 0 aliphatic carbocycles. The number of nitrogens with zero attached hydrogens (tertiary/aromatic N) is 1. The Morgan fingerprint density at radius 2 is 1.77 bits per heavy atom. The topological polar surface area (TPSA) is 79.9 Å². The summed E-state index contributed by atoms with van der Waals surface area (Å²) in [5.74, 6) is 1.57. The van der Waals surface area contributed by atoms with Crippen LogP contribution in [0, 0.1) is 6.92 Å². The van der Waals surface area contributed by atoms with Gasteiger partial charge in [-0.25, -0.2) is 4.79 Å². The normalized spacial score (nSPS) is 17.1. The lowest BCUT2D eigenvalue weighted by Crippen LogP contribution is -2.49. The Kier molecular flexibility index (Phi) is 7.82. The highest BCUT2D eigenvalue weighted by Gasteiger charge is 2.43. The first-order chi connectivity index (χ1) is 17.0. The Balaban J connectivity index is 1.58. The van der Waals surface area contributed by atoms with Crippen molar-refractivity contribution in [1.29, 1.82) is 0 Å². The number of methoxy groups -OCH3 is 2. The second-order valence-electron chi connectivity index (χ2n) is 8.17. The molecule has 0 bridgehead atoms. The van der Waals surface area contributed by atoms with Crippen LogP contribution in [-0.4, -0.2) is 42.9 Å². The van der Waals surface area contributed by atoms with E-state index < -0.39 is 6.04 Å². The minimum Gasteiger partial charge on any atom is -0.497 e. The fourth-order valence-corrected chi connectivity index (χ4v) is 5.60. The van der Waals surface area contributed by atoms with E-state index in [1.54, 1.807) is 43.0 Å². The zero-order chi connectivity index (χ0) is 24.8. The van der Waals surface area contributed by atoms with E-state index in [0.29, 0.717) is 23.7 Å². The summed E-state index contributed by atoms with van der Waals surface area (Å²) in [6.45, 7) is 2.36. The van der Waals surface area contributed by atoms with E-state index in [2.05, 4.69) is 10.6 Å². The third-order valence-corrected chi connectivity index (χ3v) is 7.25. The number of amides is 3. The summed E-state index contributed by atoms with van der Waals surface area (Å²) < 4.78 is 10.7. The molecule has 7 nitrogen and oxygen atoms in total. The molecule has 182 valence electrons. The molecule has 0 aromatic heterocycles. The number of carbonyl (C=O) groups excluding carboxylic acids is 2. The SMILES string of the molecule is COc1cccc(CNC(=O)[C@@H]2CS[C@H](c3ccccc3C)N2C(=O)Nc2ccccc2OC)c1. The average molecular weight is 492 g/mol. The van der Waals surface area contributed by atoms with E-state index in [1.807, 2.05) is 67.6 Å². The van der Waals surface area contributed by atoms with E-state index in [4.69, 9.17) is 9.47 Å². The molecule has 2 N–H and O–H groups in total. The molecule has 1 aliphatic heterocycles. The van der Waals surface area contributed by atoms with Crippen molar-refractivity contribution in [3.8, 4) is 11.5 Å². The van der Waals surface area contributed by atoms with Gasteiger partial charge in [0.15, 0.2) is 0 Å². The lowest BCUT2D eigenvalue weighted by atomic mass is 10.1. The third kappa shape index (κ3) is 5.54. The summed E-state index contributed by atoms with van der Waals surface area (Å²) in [4.78, 5) is 28.6. The maximum Gasteiger partial charge on any atom is 0.323 e. The number of hydrogen-bond acceptors (Lipinski definition) is 5. The molecule has 35 heavy (non-hydrogen) atoms. The summed E-state index contributed by atoms with van der Waals surface area (Å²) >= 11 is 1.58. The van der Waals surface area contributed by atoms with E-state index in [1.165, 1.54) is 0 Å². The number of benzene rings is 3. The lowest BCUT2D eigenvalue weighted by Gasteiger charge is -2.30. The Morgan fingerprint density at radius 1 is 1.00 bits per heavy atom. The predicted molar refractivity (Wildman–Crippen MR) is 139 cm³/mol. The average Bonchev–Trinajstić information content (AvgIpc) is 3.33. The van der Waals surface area contributed by atoms with Crippen LogP contribution >= 0.6 is 11.8 Å². The maximum atomic E-state index is 13.6. The highest BCUT2D eigenvalue weighted by atomic mass is 32.2. The Bertz CT molecular complexity index is 1200. The van der Waals surface area contributed by atoms with Gasteiger partial charge < -0.3 is 20.1 Å².